The van der Waals surface area contributed by atoms with Crippen molar-refractivity contribution in [1.29, 1.82) is 0 Å². The van der Waals surface area contributed by atoms with Gasteiger partial charge in [-0.3, -0.25) is 0 Å². The van der Waals surface area contributed by atoms with Crippen LogP contribution in [0.4, 0.5) is 10.5 Å². The maximum absolute atomic E-state index is 11.4. The average molecular weight is 248 g/mol. The number of carbonyl (C=O) groups excluding carboxylic acids is 1. The summed E-state index contributed by atoms with van der Waals surface area (Å²) in [6.45, 7) is 8.98. The number of methoxy groups -OCH3 is 1. The molecule has 0 radical (unpaired) electrons. The van der Waals surface area contributed by atoms with E-state index >= 15 is 0 Å². The Morgan fingerprint density at radius 1 is 1.33 bits per heavy atom. The Balaban J connectivity index is 2.71. The van der Waals surface area contributed by atoms with E-state index in [1.807, 2.05) is 13.0 Å². The fourth-order valence-electron chi connectivity index (χ4n) is 2.51. The molecular weight excluding hydrogens is 228 g/mol. The van der Waals surface area contributed by atoms with Crippen molar-refractivity contribution in [2.75, 3.05) is 12.4 Å². The van der Waals surface area contributed by atoms with E-state index in [-0.39, 0.29) is 11.4 Å². The number of benzene rings is 1. The second kappa shape index (κ2) is 4.19. The van der Waals surface area contributed by atoms with Crippen LogP contribution in [0.3, 0.4) is 0 Å². The van der Waals surface area contributed by atoms with Crippen molar-refractivity contribution in [3.05, 3.63) is 22.8 Å². The van der Waals surface area contributed by atoms with Gasteiger partial charge in [0.05, 0.1) is 12.8 Å². The fraction of sp³-hybridized carbons (Fsp3) is 0.500. The third kappa shape index (κ3) is 2.03. The van der Waals surface area contributed by atoms with Crippen LogP contribution in [0.25, 0.3) is 0 Å². The Kier molecular flexibility index (Phi) is 2.97. The number of urea groups is 1. The lowest BCUT2D eigenvalue weighted by molar-refractivity contribution is 0.250. The van der Waals surface area contributed by atoms with Gasteiger partial charge in [-0.1, -0.05) is 20.8 Å². The molecule has 0 saturated carbocycles. The van der Waals surface area contributed by atoms with Crippen LogP contribution < -0.4 is 15.4 Å². The first-order valence-corrected chi connectivity index (χ1v) is 6.10. The number of hydrogen-bond donors (Lipinski definition) is 2. The maximum Gasteiger partial charge on any atom is 0.319 e. The van der Waals surface area contributed by atoms with Crippen LogP contribution in [0.1, 0.15) is 37.5 Å². The molecule has 0 spiro atoms. The van der Waals surface area contributed by atoms with Crippen LogP contribution in [-0.4, -0.2) is 13.1 Å². The van der Waals surface area contributed by atoms with Gasteiger partial charge in [-0.25, -0.2) is 4.79 Å². The largest absolute Gasteiger partial charge is 0.496 e. The predicted molar refractivity (Wildman–Crippen MR) is 72.3 cm³/mol. The predicted octanol–water partition coefficient (Wildman–Crippen LogP) is 2.94. The van der Waals surface area contributed by atoms with Gasteiger partial charge in [-0.05, 0) is 24.0 Å². The van der Waals surface area contributed by atoms with Crippen LogP contribution in [0, 0.1) is 6.92 Å². The molecule has 18 heavy (non-hydrogen) atoms. The zero-order valence-electron chi connectivity index (χ0n) is 11.6. The molecule has 1 aromatic rings. The molecule has 0 aliphatic carbocycles. The second-order valence-electron chi connectivity index (χ2n) is 5.68. The number of nitrogens with one attached hydrogen (secondary N) is 2. The molecule has 0 atom stereocenters. The Bertz CT molecular complexity index is 501. The van der Waals surface area contributed by atoms with Gasteiger partial charge in [0.25, 0.3) is 0 Å². The van der Waals surface area contributed by atoms with E-state index in [1.54, 1.807) is 7.11 Å². The van der Waals surface area contributed by atoms with Crippen molar-refractivity contribution in [1.82, 2.24) is 5.32 Å². The van der Waals surface area contributed by atoms with Gasteiger partial charge >= 0.3 is 6.03 Å². The average Bonchev–Trinajstić information content (AvgIpc) is 2.27. The normalized spacial score (nSPS) is 14.6. The van der Waals surface area contributed by atoms with Crippen molar-refractivity contribution < 1.29 is 9.53 Å². The monoisotopic (exact) mass is 248 g/mol. The van der Waals surface area contributed by atoms with E-state index in [9.17, 15) is 4.79 Å². The molecule has 0 fully saturated rings. The number of ether oxygens (including phenoxy) is 1. The molecular formula is C14H20N2O2. The highest BCUT2D eigenvalue weighted by Gasteiger charge is 2.28. The molecule has 1 aliphatic rings. The minimum Gasteiger partial charge on any atom is -0.496 e. The summed E-state index contributed by atoms with van der Waals surface area (Å²) in [5.41, 5.74) is 4.19. The third-order valence-corrected chi connectivity index (χ3v) is 3.23. The Morgan fingerprint density at radius 2 is 2.00 bits per heavy atom. The second-order valence-corrected chi connectivity index (χ2v) is 5.68. The summed E-state index contributed by atoms with van der Waals surface area (Å²) < 4.78 is 5.51. The first kappa shape index (κ1) is 12.7. The Hall–Kier alpha value is -1.71. The van der Waals surface area contributed by atoms with Gasteiger partial charge in [0.15, 0.2) is 0 Å². The number of fused-ring (bicyclic) bond motifs is 1. The molecule has 1 aliphatic heterocycles. The zero-order valence-corrected chi connectivity index (χ0v) is 11.6. The van der Waals surface area contributed by atoms with Crippen molar-refractivity contribution in [3.63, 3.8) is 0 Å². The number of carbonyl (C=O) groups is 1. The first-order chi connectivity index (χ1) is 8.34. The molecule has 0 bridgehead atoms. The van der Waals surface area contributed by atoms with E-state index in [1.165, 1.54) is 0 Å². The minimum absolute atomic E-state index is 0.0348. The highest BCUT2D eigenvalue weighted by Crippen LogP contribution is 2.40. The van der Waals surface area contributed by atoms with Crippen LogP contribution >= 0.6 is 0 Å². The van der Waals surface area contributed by atoms with Crippen LogP contribution in [0.5, 0.6) is 5.75 Å². The third-order valence-electron chi connectivity index (χ3n) is 3.23. The molecule has 1 aromatic carbocycles. The smallest absolute Gasteiger partial charge is 0.319 e. The molecule has 4 heteroatoms. The van der Waals surface area contributed by atoms with Gasteiger partial charge in [-0.2, -0.15) is 0 Å². The Labute approximate surface area is 108 Å². The molecule has 4 nitrogen and oxygen atoms in total. The van der Waals surface area contributed by atoms with Crippen molar-refractivity contribution in [2.45, 2.75) is 39.7 Å². The number of rotatable bonds is 1. The summed E-state index contributed by atoms with van der Waals surface area (Å²) >= 11 is 0. The lowest BCUT2D eigenvalue weighted by Crippen LogP contribution is -2.35. The SMILES string of the molecule is COc1cc(C)c2c(c1C(C)(C)C)CNC(=O)N2. The number of amides is 2. The molecule has 0 unspecified atom stereocenters. The van der Waals surface area contributed by atoms with Gasteiger partial charge in [0, 0.05) is 17.7 Å². The van der Waals surface area contributed by atoms with E-state index in [2.05, 4.69) is 31.4 Å². The maximum atomic E-state index is 11.4. The van der Waals surface area contributed by atoms with Gasteiger partial charge < -0.3 is 15.4 Å². The molecule has 98 valence electrons. The lowest BCUT2D eigenvalue weighted by Gasteiger charge is -2.31. The summed E-state index contributed by atoms with van der Waals surface area (Å²) in [7, 11) is 1.69. The quantitative estimate of drug-likeness (QED) is 0.802. The van der Waals surface area contributed by atoms with Gasteiger partial charge in [0.1, 0.15) is 5.75 Å². The highest BCUT2D eigenvalue weighted by atomic mass is 16.5. The summed E-state index contributed by atoms with van der Waals surface area (Å²) in [5, 5.41) is 5.71. The summed E-state index contributed by atoms with van der Waals surface area (Å²) in [6.07, 6.45) is 0. The van der Waals surface area contributed by atoms with E-state index in [4.69, 9.17) is 4.74 Å². The van der Waals surface area contributed by atoms with Crippen molar-refractivity contribution >= 4 is 11.7 Å². The highest BCUT2D eigenvalue weighted by molar-refractivity contribution is 5.94. The van der Waals surface area contributed by atoms with Crippen LogP contribution in [0.2, 0.25) is 0 Å². The molecule has 2 rings (SSSR count). The van der Waals surface area contributed by atoms with Crippen molar-refractivity contribution in [2.24, 2.45) is 0 Å². The number of aryl methyl sites for hydroxylation is 1. The minimum atomic E-state index is -0.143. The van der Waals surface area contributed by atoms with Gasteiger partial charge in [0.2, 0.25) is 0 Å². The first-order valence-electron chi connectivity index (χ1n) is 6.10. The number of anilines is 1. The molecule has 0 saturated heterocycles. The van der Waals surface area contributed by atoms with Gasteiger partial charge in [-0.15, -0.1) is 0 Å². The fourth-order valence-corrected chi connectivity index (χ4v) is 2.51. The summed E-state index contributed by atoms with van der Waals surface area (Å²) in [6, 6.07) is 1.85. The topological polar surface area (TPSA) is 50.4 Å². The molecule has 2 amide bonds. The van der Waals surface area contributed by atoms with Crippen molar-refractivity contribution in [3.8, 4) is 5.75 Å². The van der Waals surface area contributed by atoms with E-state index in [0.717, 1.165) is 28.1 Å². The summed E-state index contributed by atoms with van der Waals surface area (Å²) in [5.74, 6) is 0.886. The number of hydrogen-bond acceptors (Lipinski definition) is 2. The van der Waals surface area contributed by atoms with E-state index in [0.29, 0.717) is 6.54 Å². The van der Waals surface area contributed by atoms with Crippen LogP contribution in [0.15, 0.2) is 6.07 Å². The Morgan fingerprint density at radius 3 is 2.56 bits per heavy atom. The standard InChI is InChI=1S/C14H20N2O2/c1-8-6-10(18-5)11(14(2,3)4)9-7-15-13(17)16-12(8)9/h6H,7H2,1-5H3,(H2,15,16,17). The summed E-state index contributed by atoms with van der Waals surface area (Å²) in [4.78, 5) is 11.4. The zero-order chi connectivity index (χ0) is 13.5. The molecule has 1 heterocycles. The molecule has 0 aromatic heterocycles. The lowest BCUT2D eigenvalue weighted by atomic mass is 9.81. The molecule has 2 N–H and O–H groups in total. The van der Waals surface area contributed by atoms with Crippen LogP contribution in [-0.2, 0) is 12.0 Å². The van der Waals surface area contributed by atoms with E-state index < -0.39 is 0 Å².